The quantitative estimate of drug-likeness (QED) is 0.786. The Morgan fingerprint density at radius 2 is 1.94 bits per heavy atom. The van der Waals surface area contributed by atoms with E-state index in [9.17, 15) is 9.90 Å². The van der Waals surface area contributed by atoms with Crippen LogP contribution in [0.2, 0.25) is 0 Å². The molecule has 0 saturated heterocycles. The molecule has 0 aliphatic rings. The molecule has 3 heteroatoms. The number of carbonyl (C=O) groups excluding carboxylic acids is 1. The molecule has 3 nitrogen and oxygen atoms in total. The molecule has 0 atom stereocenters. The molecule has 0 fully saturated rings. The van der Waals surface area contributed by atoms with Gasteiger partial charge in [-0.3, -0.25) is 4.79 Å². The highest BCUT2D eigenvalue weighted by Crippen LogP contribution is 2.11. The molecule has 0 aliphatic heterocycles. The third kappa shape index (κ3) is 4.98. The predicted octanol–water partition coefficient (Wildman–Crippen LogP) is 2.27. The van der Waals surface area contributed by atoms with Crippen molar-refractivity contribution in [1.29, 1.82) is 0 Å². The number of likely N-dealkylation sites (N-methyl/N-ethyl adjacent to an activating group) is 1. The molecular weight excluding hydrogens is 226 g/mol. The van der Waals surface area contributed by atoms with Gasteiger partial charge in [0, 0.05) is 25.1 Å². The maximum absolute atomic E-state index is 12.0. The molecule has 0 unspecified atom stereocenters. The SMILES string of the molecule is Cc1ccccc1C(=O)CCN(C)CC(C)(C)O. The highest BCUT2D eigenvalue weighted by Gasteiger charge is 2.16. The van der Waals surface area contributed by atoms with E-state index in [4.69, 9.17) is 0 Å². The van der Waals surface area contributed by atoms with Crippen molar-refractivity contribution in [3.8, 4) is 0 Å². The van der Waals surface area contributed by atoms with Gasteiger partial charge in [0.15, 0.2) is 5.78 Å². The zero-order valence-electron chi connectivity index (χ0n) is 11.7. The molecule has 0 spiro atoms. The standard InChI is InChI=1S/C15H23NO2/c1-12-7-5-6-8-13(12)14(17)9-10-16(4)11-15(2,3)18/h5-8,18H,9-11H2,1-4H3. The Morgan fingerprint density at radius 1 is 1.33 bits per heavy atom. The van der Waals surface area contributed by atoms with Gasteiger partial charge in [-0.2, -0.15) is 0 Å². The summed E-state index contributed by atoms with van der Waals surface area (Å²) in [4.78, 5) is 14.0. The lowest BCUT2D eigenvalue weighted by molar-refractivity contribution is 0.0437. The van der Waals surface area contributed by atoms with Gasteiger partial charge in [-0.1, -0.05) is 24.3 Å². The first-order chi connectivity index (χ1) is 8.29. The fraction of sp³-hybridized carbons (Fsp3) is 0.533. The van der Waals surface area contributed by atoms with E-state index in [1.54, 1.807) is 13.8 Å². The molecule has 0 aromatic heterocycles. The zero-order chi connectivity index (χ0) is 13.8. The van der Waals surface area contributed by atoms with Crippen molar-refractivity contribution in [3.05, 3.63) is 35.4 Å². The van der Waals surface area contributed by atoms with Crippen molar-refractivity contribution in [2.24, 2.45) is 0 Å². The van der Waals surface area contributed by atoms with E-state index < -0.39 is 5.60 Å². The minimum atomic E-state index is -0.722. The molecular formula is C15H23NO2. The summed E-state index contributed by atoms with van der Waals surface area (Å²) in [5.74, 6) is 0.163. The molecule has 0 heterocycles. The first-order valence-electron chi connectivity index (χ1n) is 6.29. The van der Waals surface area contributed by atoms with Gasteiger partial charge in [0.25, 0.3) is 0 Å². The van der Waals surface area contributed by atoms with Crippen LogP contribution in [0.15, 0.2) is 24.3 Å². The van der Waals surface area contributed by atoms with Crippen LogP contribution >= 0.6 is 0 Å². The van der Waals surface area contributed by atoms with Crippen LogP contribution in [0, 0.1) is 6.92 Å². The summed E-state index contributed by atoms with van der Waals surface area (Å²) in [6, 6.07) is 7.65. The minimum absolute atomic E-state index is 0.163. The van der Waals surface area contributed by atoms with Gasteiger partial charge >= 0.3 is 0 Å². The number of hydrogen-bond donors (Lipinski definition) is 1. The second-order valence-electron chi connectivity index (χ2n) is 5.54. The Bertz CT molecular complexity index is 407. The summed E-state index contributed by atoms with van der Waals surface area (Å²) in [5.41, 5.74) is 1.10. The summed E-state index contributed by atoms with van der Waals surface area (Å²) in [7, 11) is 1.92. The first kappa shape index (κ1) is 14.9. The van der Waals surface area contributed by atoms with Crippen LogP contribution in [-0.4, -0.2) is 41.5 Å². The number of aliphatic hydroxyl groups is 1. The second kappa shape index (κ2) is 6.12. The summed E-state index contributed by atoms with van der Waals surface area (Å²) < 4.78 is 0. The number of aryl methyl sites for hydroxylation is 1. The lowest BCUT2D eigenvalue weighted by atomic mass is 10.0. The highest BCUT2D eigenvalue weighted by molar-refractivity contribution is 5.97. The average molecular weight is 249 g/mol. The topological polar surface area (TPSA) is 40.5 Å². The fourth-order valence-electron chi connectivity index (χ4n) is 2.05. The number of ketones is 1. The van der Waals surface area contributed by atoms with Gasteiger partial charge in [0.05, 0.1) is 5.60 Å². The van der Waals surface area contributed by atoms with Gasteiger partial charge in [-0.15, -0.1) is 0 Å². The second-order valence-corrected chi connectivity index (χ2v) is 5.54. The van der Waals surface area contributed by atoms with E-state index in [-0.39, 0.29) is 5.78 Å². The van der Waals surface area contributed by atoms with Crippen molar-refractivity contribution < 1.29 is 9.90 Å². The molecule has 0 aliphatic carbocycles. The Kier molecular flexibility index (Phi) is 5.05. The number of Topliss-reactive ketones (excluding diaryl/α,β-unsaturated/α-hetero) is 1. The van der Waals surface area contributed by atoms with Crippen LogP contribution in [-0.2, 0) is 0 Å². The minimum Gasteiger partial charge on any atom is -0.389 e. The number of rotatable bonds is 6. The first-order valence-corrected chi connectivity index (χ1v) is 6.29. The average Bonchev–Trinajstić information content (AvgIpc) is 2.24. The Hall–Kier alpha value is -1.19. The third-order valence-corrected chi connectivity index (χ3v) is 2.82. The van der Waals surface area contributed by atoms with Crippen molar-refractivity contribution in [2.75, 3.05) is 20.1 Å². The lowest BCUT2D eigenvalue weighted by Gasteiger charge is -2.25. The molecule has 1 rings (SSSR count). The molecule has 100 valence electrons. The van der Waals surface area contributed by atoms with Crippen LogP contribution in [0.25, 0.3) is 0 Å². The molecule has 1 aromatic carbocycles. The number of nitrogens with zero attached hydrogens (tertiary/aromatic N) is 1. The number of benzene rings is 1. The number of hydrogen-bond acceptors (Lipinski definition) is 3. The van der Waals surface area contributed by atoms with Crippen molar-refractivity contribution in [2.45, 2.75) is 32.8 Å². The van der Waals surface area contributed by atoms with Gasteiger partial charge in [-0.25, -0.2) is 0 Å². The molecule has 0 amide bonds. The molecule has 0 radical (unpaired) electrons. The molecule has 1 N–H and O–H groups in total. The van der Waals surface area contributed by atoms with Gasteiger partial charge in [0.1, 0.15) is 0 Å². The van der Waals surface area contributed by atoms with Gasteiger partial charge in [0.2, 0.25) is 0 Å². The van der Waals surface area contributed by atoms with E-state index in [0.29, 0.717) is 19.5 Å². The van der Waals surface area contributed by atoms with Crippen LogP contribution in [0.4, 0.5) is 0 Å². The smallest absolute Gasteiger partial charge is 0.164 e. The van der Waals surface area contributed by atoms with Crippen LogP contribution < -0.4 is 0 Å². The van der Waals surface area contributed by atoms with Crippen molar-refractivity contribution >= 4 is 5.78 Å². The van der Waals surface area contributed by atoms with E-state index in [0.717, 1.165) is 11.1 Å². The Labute approximate surface area is 109 Å². The van der Waals surface area contributed by atoms with Crippen LogP contribution in [0.1, 0.15) is 36.2 Å². The normalized spacial score (nSPS) is 11.9. The van der Waals surface area contributed by atoms with E-state index in [2.05, 4.69) is 0 Å². The predicted molar refractivity (Wildman–Crippen MR) is 73.9 cm³/mol. The molecule has 1 aromatic rings. The Balaban J connectivity index is 2.50. The van der Waals surface area contributed by atoms with E-state index >= 15 is 0 Å². The van der Waals surface area contributed by atoms with Gasteiger partial charge < -0.3 is 10.0 Å². The van der Waals surface area contributed by atoms with Crippen LogP contribution in [0.3, 0.4) is 0 Å². The maximum atomic E-state index is 12.0. The Morgan fingerprint density at radius 3 is 2.50 bits per heavy atom. The van der Waals surface area contributed by atoms with Crippen molar-refractivity contribution in [3.63, 3.8) is 0 Å². The monoisotopic (exact) mass is 249 g/mol. The van der Waals surface area contributed by atoms with Crippen molar-refractivity contribution in [1.82, 2.24) is 4.90 Å². The fourth-order valence-corrected chi connectivity index (χ4v) is 2.05. The molecule has 0 saturated carbocycles. The largest absolute Gasteiger partial charge is 0.389 e. The molecule has 18 heavy (non-hydrogen) atoms. The van der Waals surface area contributed by atoms with Gasteiger partial charge in [-0.05, 0) is 33.4 Å². The number of carbonyl (C=O) groups is 1. The third-order valence-electron chi connectivity index (χ3n) is 2.82. The summed E-state index contributed by atoms with van der Waals surface area (Å²) in [6.45, 7) is 6.72. The lowest BCUT2D eigenvalue weighted by Crippen LogP contribution is -2.37. The van der Waals surface area contributed by atoms with E-state index in [1.165, 1.54) is 0 Å². The zero-order valence-corrected chi connectivity index (χ0v) is 11.7. The summed E-state index contributed by atoms with van der Waals surface area (Å²) in [6.07, 6.45) is 0.484. The maximum Gasteiger partial charge on any atom is 0.164 e. The van der Waals surface area contributed by atoms with E-state index in [1.807, 2.05) is 43.1 Å². The highest BCUT2D eigenvalue weighted by atomic mass is 16.3. The van der Waals surface area contributed by atoms with Crippen LogP contribution in [0.5, 0.6) is 0 Å². The summed E-state index contributed by atoms with van der Waals surface area (Å²) in [5, 5.41) is 9.69. The summed E-state index contributed by atoms with van der Waals surface area (Å²) >= 11 is 0. The molecule has 0 bridgehead atoms.